The second-order valence-corrected chi connectivity index (χ2v) is 9.66. The predicted octanol–water partition coefficient (Wildman–Crippen LogP) is 6.88. The maximum Gasteiger partial charge on any atom is 0.338 e. The molecule has 5 nitrogen and oxygen atoms in total. The van der Waals surface area contributed by atoms with Gasteiger partial charge in [0.15, 0.2) is 0 Å². The van der Waals surface area contributed by atoms with Gasteiger partial charge in [-0.25, -0.2) is 9.59 Å². The molecule has 0 aliphatic carbocycles. The number of carbonyl (C=O) groups excluding carboxylic acids is 2. The van der Waals surface area contributed by atoms with Crippen molar-refractivity contribution in [3.63, 3.8) is 0 Å². The first kappa shape index (κ1) is 25.4. The van der Waals surface area contributed by atoms with Gasteiger partial charge < -0.3 is 14.2 Å². The quantitative estimate of drug-likeness (QED) is 0.256. The molecule has 1 aliphatic rings. The van der Waals surface area contributed by atoms with Crippen molar-refractivity contribution in [3.8, 4) is 11.1 Å². The first-order chi connectivity index (χ1) is 18.5. The second-order valence-electron chi connectivity index (χ2n) is 9.66. The van der Waals surface area contributed by atoms with Gasteiger partial charge in [-0.15, -0.1) is 0 Å². The van der Waals surface area contributed by atoms with Gasteiger partial charge in [0, 0.05) is 6.42 Å². The minimum Gasteiger partial charge on any atom is -0.459 e. The van der Waals surface area contributed by atoms with Crippen LogP contribution in [-0.4, -0.2) is 30.8 Å². The molecule has 4 aromatic carbocycles. The number of hydrogen-bond acceptors (Lipinski definition) is 5. The summed E-state index contributed by atoms with van der Waals surface area (Å²) in [6.07, 6.45) is -1.01. The van der Waals surface area contributed by atoms with Crippen LogP contribution in [0.15, 0.2) is 103 Å². The van der Waals surface area contributed by atoms with Crippen LogP contribution in [0.2, 0.25) is 0 Å². The number of aryl methyl sites for hydroxylation is 2. The van der Waals surface area contributed by atoms with Gasteiger partial charge in [0.2, 0.25) is 0 Å². The third kappa shape index (κ3) is 6.01. The summed E-state index contributed by atoms with van der Waals surface area (Å²) in [7, 11) is 0. The number of hydrogen-bond donors (Lipinski definition) is 0. The fourth-order valence-electron chi connectivity index (χ4n) is 4.58. The summed E-state index contributed by atoms with van der Waals surface area (Å²) < 4.78 is 17.9. The van der Waals surface area contributed by atoms with Crippen molar-refractivity contribution >= 4 is 11.9 Å². The molecule has 0 radical (unpaired) electrons. The Hall–Kier alpha value is -4.22. The van der Waals surface area contributed by atoms with Crippen LogP contribution < -0.4 is 0 Å². The molecule has 5 rings (SSSR count). The van der Waals surface area contributed by atoms with Crippen molar-refractivity contribution in [2.75, 3.05) is 6.61 Å². The highest BCUT2D eigenvalue weighted by atomic mass is 16.6. The minimum absolute atomic E-state index is 0.0204. The molecule has 0 N–H and O–H groups in total. The van der Waals surface area contributed by atoms with Gasteiger partial charge in [-0.3, -0.25) is 0 Å². The number of rotatable bonds is 7. The van der Waals surface area contributed by atoms with Crippen LogP contribution in [0.5, 0.6) is 0 Å². The molecule has 0 saturated carbocycles. The zero-order valence-electron chi connectivity index (χ0n) is 21.5. The van der Waals surface area contributed by atoms with E-state index in [1.54, 1.807) is 24.3 Å². The molecule has 3 atom stereocenters. The first-order valence-electron chi connectivity index (χ1n) is 12.8. The molecule has 1 aliphatic heterocycles. The Bertz CT molecular complexity index is 1390. The van der Waals surface area contributed by atoms with Crippen LogP contribution in [0.3, 0.4) is 0 Å². The van der Waals surface area contributed by atoms with E-state index in [0.29, 0.717) is 17.5 Å². The zero-order chi connectivity index (χ0) is 26.5. The Kier molecular flexibility index (Phi) is 7.66. The van der Waals surface area contributed by atoms with Crippen LogP contribution in [0.1, 0.15) is 49.9 Å². The maximum atomic E-state index is 12.9. The molecule has 1 heterocycles. The van der Waals surface area contributed by atoms with E-state index in [0.717, 1.165) is 27.8 Å². The lowest BCUT2D eigenvalue weighted by atomic mass is 9.99. The van der Waals surface area contributed by atoms with Crippen molar-refractivity contribution in [2.45, 2.75) is 38.6 Å². The summed E-state index contributed by atoms with van der Waals surface area (Å²) in [5.74, 6) is -0.862. The van der Waals surface area contributed by atoms with Gasteiger partial charge in [0.05, 0.1) is 17.2 Å². The average Bonchev–Trinajstić information content (AvgIpc) is 3.35. The molecular weight excluding hydrogens is 476 g/mol. The van der Waals surface area contributed by atoms with Crippen LogP contribution in [-0.2, 0) is 14.2 Å². The fourth-order valence-corrected chi connectivity index (χ4v) is 4.58. The summed E-state index contributed by atoms with van der Waals surface area (Å²) in [6, 6.07) is 32.8. The number of esters is 2. The lowest BCUT2D eigenvalue weighted by Gasteiger charge is -2.19. The molecule has 192 valence electrons. The van der Waals surface area contributed by atoms with Crippen molar-refractivity contribution in [3.05, 3.63) is 131 Å². The third-order valence-electron chi connectivity index (χ3n) is 6.78. The van der Waals surface area contributed by atoms with E-state index in [-0.39, 0.29) is 12.7 Å². The highest BCUT2D eigenvalue weighted by Crippen LogP contribution is 2.37. The standard InChI is InChI=1S/C33H30O5/c1-22-11-15-25(16-12-22)32(34)36-21-31-30(38-33(35)26-17-13-23(2)14-18-26)20-29(37-31)28-10-6-9-27(19-28)24-7-4-3-5-8-24/h3-19,29-31H,20-21H2,1-2H3/t29-,30-,31+/m0/s1. The van der Waals surface area contributed by atoms with Crippen LogP contribution >= 0.6 is 0 Å². The Balaban J connectivity index is 1.34. The summed E-state index contributed by atoms with van der Waals surface area (Å²) in [4.78, 5) is 25.6. The first-order valence-corrected chi connectivity index (χ1v) is 12.8. The molecule has 4 aromatic rings. The predicted molar refractivity (Wildman–Crippen MR) is 146 cm³/mol. The molecule has 0 bridgehead atoms. The van der Waals surface area contributed by atoms with Gasteiger partial charge in [0.25, 0.3) is 0 Å². The molecule has 1 saturated heterocycles. The van der Waals surface area contributed by atoms with E-state index < -0.39 is 24.1 Å². The molecular formula is C33H30O5. The van der Waals surface area contributed by atoms with E-state index in [1.807, 2.05) is 68.4 Å². The smallest absolute Gasteiger partial charge is 0.338 e. The van der Waals surface area contributed by atoms with Gasteiger partial charge in [-0.05, 0) is 60.9 Å². The van der Waals surface area contributed by atoms with Crippen LogP contribution in [0, 0.1) is 13.8 Å². The molecule has 1 fully saturated rings. The van der Waals surface area contributed by atoms with E-state index >= 15 is 0 Å². The van der Waals surface area contributed by atoms with Crippen LogP contribution in [0.4, 0.5) is 0 Å². The highest BCUT2D eigenvalue weighted by Gasteiger charge is 2.40. The van der Waals surface area contributed by atoms with E-state index in [4.69, 9.17) is 14.2 Å². The van der Waals surface area contributed by atoms with E-state index in [2.05, 4.69) is 24.3 Å². The van der Waals surface area contributed by atoms with Crippen molar-refractivity contribution in [2.24, 2.45) is 0 Å². The molecule has 38 heavy (non-hydrogen) atoms. The summed E-state index contributed by atoms with van der Waals surface area (Å²) in [5, 5.41) is 0. The molecule has 0 unspecified atom stereocenters. The topological polar surface area (TPSA) is 61.8 Å². The van der Waals surface area contributed by atoms with Crippen LogP contribution in [0.25, 0.3) is 11.1 Å². The second kappa shape index (κ2) is 11.4. The minimum atomic E-state index is -0.593. The van der Waals surface area contributed by atoms with Gasteiger partial charge in [0.1, 0.15) is 18.8 Å². The van der Waals surface area contributed by atoms with E-state index in [1.165, 1.54) is 0 Å². The number of benzene rings is 4. The van der Waals surface area contributed by atoms with Crippen molar-refractivity contribution < 1.29 is 23.8 Å². The number of carbonyl (C=O) groups is 2. The highest BCUT2D eigenvalue weighted by molar-refractivity contribution is 5.90. The Morgan fingerprint density at radius 2 is 1.34 bits per heavy atom. The summed E-state index contributed by atoms with van der Waals surface area (Å²) >= 11 is 0. The lowest BCUT2D eigenvalue weighted by Crippen LogP contribution is -2.32. The lowest BCUT2D eigenvalue weighted by molar-refractivity contribution is -0.0427. The maximum absolute atomic E-state index is 12.9. The Morgan fingerprint density at radius 1 is 0.737 bits per heavy atom. The van der Waals surface area contributed by atoms with Crippen molar-refractivity contribution in [1.82, 2.24) is 0 Å². The Labute approximate surface area is 223 Å². The third-order valence-corrected chi connectivity index (χ3v) is 6.78. The molecule has 0 aromatic heterocycles. The summed E-state index contributed by atoms with van der Waals surface area (Å²) in [5.41, 5.74) is 6.23. The Morgan fingerprint density at radius 3 is 2.00 bits per heavy atom. The largest absolute Gasteiger partial charge is 0.459 e. The van der Waals surface area contributed by atoms with Crippen molar-refractivity contribution in [1.29, 1.82) is 0 Å². The van der Waals surface area contributed by atoms with Gasteiger partial charge >= 0.3 is 11.9 Å². The molecule has 0 amide bonds. The average molecular weight is 507 g/mol. The summed E-state index contributed by atoms with van der Waals surface area (Å²) in [6.45, 7) is 3.90. The normalized spacial score (nSPS) is 18.6. The van der Waals surface area contributed by atoms with Gasteiger partial charge in [-0.2, -0.15) is 0 Å². The zero-order valence-corrected chi connectivity index (χ0v) is 21.5. The fraction of sp³-hybridized carbons (Fsp3) is 0.212. The van der Waals surface area contributed by atoms with Gasteiger partial charge in [-0.1, -0.05) is 83.9 Å². The molecule has 0 spiro atoms. The number of ether oxygens (including phenoxy) is 3. The SMILES string of the molecule is Cc1ccc(C(=O)OC[C@H]2O[C@H](c3cccc(-c4ccccc4)c3)C[C@@H]2OC(=O)c2ccc(C)cc2)cc1. The monoisotopic (exact) mass is 506 g/mol. The molecule has 5 heteroatoms. The van der Waals surface area contributed by atoms with E-state index in [9.17, 15) is 9.59 Å².